The summed E-state index contributed by atoms with van der Waals surface area (Å²) in [6, 6.07) is 13.9. The molecule has 0 unspecified atom stereocenters. The number of thioether (sulfide) groups is 1. The Bertz CT molecular complexity index is 876. The number of rotatable bonds is 6. The van der Waals surface area contributed by atoms with Crippen molar-refractivity contribution in [3.63, 3.8) is 0 Å². The van der Waals surface area contributed by atoms with Crippen LogP contribution < -0.4 is 0 Å². The van der Waals surface area contributed by atoms with E-state index in [4.69, 9.17) is 0 Å². The third-order valence-corrected chi connectivity index (χ3v) is 4.98. The maximum absolute atomic E-state index is 12.8. The minimum absolute atomic E-state index is 0.0272. The molecule has 0 aliphatic rings. The van der Waals surface area contributed by atoms with Gasteiger partial charge in [0.05, 0.1) is 5.69 Å². The van der Waals surface area contributed by atoms with Crippen molar-refractivity contribution < 1.29 is 4.79 Å². The van der Waals surface area contributed by atoms with Crippen molar-refractivity contribution >= 4 is 23.3 Å². The topological polar surface area (TPSA) is 50.5 Å². The fourth-order valence-electron chi connectivity index (χ4n) is 2.70. The van der Waals surface area contributed by atoms with Crippen LogP contribution in [0.1, 0.15) is 28.8 Å². The van der Waals surface area contributed by atoms with Crippen molar-refractivity contribution in [2.24, 2.45) is 0 Å². The summed E-state index contributed by atoms with van der Waals surface area (Å²) in [7, 11) is 0. The fourth-order valence-corrected chi connectivity index (χ4v) is 3.60. The minimum Gasteiger partial charge on any atom is -0.337 e. The van der Waals surface area contributed by atoms with Crippen molar-refractivity contribution in [2.75, 3.05) is 18.8 Å². The number of aromatic nitrogens is 3. The average Bonchev–Trinajstić information content (AvgIpc) is 3.00. The van der Waals surface area contributed by atoms with Crippen LogP contribution in [0.25, 0.3) is 5.65 Å². The SMILES string of the molecule is CCN(CCSc1ccccc1)C(=O)c1cc(C)n2nc(C)cc2n1. The lowest BCUT2D eigenvalue weighted by Crippen LogP contribution is -2.33. The molecule has 5 nitrogen and oxygen atoms in total. The molecule has 0 fully saturated rings. The number of hydrogen-bond acceptors (Lipinski definition) is 4. The number of hydrogen-bond donors (Lipinski definition) is 0. The summed E-state index contributed by atoms with van der Waals surface area (Å²) >= 11 is 1.76. The van der Waals surface area contributed by atoms with Crippen molar-refractivity contribution in [3.05, 3.63) is 59.5 Å². The zero-order valence-corrected chi connectivity index (χ0v) is 15.6. The Kier molecular flexibility index (Phi) is 5.38. The van der Waals surface area contributed by atoms with E-state index in [1.54, 1.807) is 16.3 Å². The molecule has 0 bridgehead atoms. The van der Waals surface area contributed by atoms with Crippen LogP contribution in [0.2, 0.25) is 0 Å². The Morgan fingerprint density at radius 2 is 1.96 bits per heavy atom. The summed E-state index contributed by atoms with van der Waals surface area (Å²) in [5.41, 5.74) is 3.01. The molecule has 0 spiro atoms. The van der Waals surface area contributed by atoms with Gasteiger partial charge in [-0.05, 0) is 39.0 Å². The van der Waals surface area contributed by atoms with Gasteiger partial charge in [-0.3, -0.25) is 4.79 Å². The monoisotopic (exact) mass is 354 g/mol. The molecule has 0 atom stereocenters. The molecule has 25 heavy (non-hydrogen) atoms. The van der Waals surface area contributed by atoms with Crippen molar-refractivity contribution in [2.45, 2.75) is 25.7 Å². The van der Waals surface area contributed by atoms with E-state index in [0.717, 1.165) is 22.8 Å². The largest absolute Gasteiger partial charge is 0.337 e. The highest BCUT2D eigenvalue weighted by Crippen LogP contribution is 2.17. The van der Waals surface area contributed by atoms with Gasteiger partial charge in [0, 0.05) is 35.5 Å². The highest BCUT2D eigenvalue weighted by molar-refractivity contribution is 7.99. The van der Waals surface area contributed by atoms with Gasteiger partial charge >= 0.3 is 0 Å². The second-order valence-corrected chi connectivity index (χ2v) is 7.05. The maximum atomic E-state index is 12.8. The molecule has 0 N–H and O–H groups in total. The smallest absolute Gasteiger partial charge is 0.272 e. The minimum atomic E-state index is -0.0272. The average molecular weight is 354 g/mol. The molecule has 0 aliphatic heterocycles. The Labute approximate surface area is 152 Å². The summed E-state index contributed by atoms with van der Waals surface area (Å²) in [6.07, 6.45) is 0. The first-order valence-corrected chi connectivity index (χ1v) is 9.38. The highest BCUT2D eigenvalue weighted by Gasteiger charge is 2.17. The third kappa shape index (κ3) is 4.02. The van der Waals surface area contributed by atoms with Crippen LogP contribution in [0.5, 0.6) is 0 Å². The van der Waals surface area contributed by atoms with Gasteiger partial charge in [-0.2, -0.15) is 5.10 Å². The number of carbonyl (C=O) groups excluding carboxylic acids is 1. The van der Waals surface area contributed by atoms with E-state index in [1.165, 1.54) is 4.90 Å². The molecule has 2 aromatic heterocycles. The Morgan fingerprint density at radius 1 is 1.20 bits per heavy atom. The zero-order chi connectivity index (χ0) is 17.8. The fraction of sp³-hybridized carbons (Fsp3) is 0.316. The Balaban J connectivity index is 1.71. The molecule has 3 rings (SSSR count). The zero-order valence-electron chi connectivity index (χ0n) is 14.8. The van der Waals surface area contributed by atoms with Gasteiger partial charge in [0.1, 0.15) is 5.69 Å². The van der Waals surface area contributed by atoms with E-state index < -0.39 is 0 Å². The number of nitrogens with zero attached hydrogens (tertiary/aromatic N) is 4. The molecule has 0 saturated heterocycles. The van der Waals surface area contributed by atoms with Crippen LogP contribution in [-0.4, -0.2) is 44.2 Å². The lowest BCUT2D eigenvalue weighted by Gasteiger charge is -2.20. The van der Waals surface area contributed by atoms with Crippen molar-refractivity contribution in [3.8, 4) is 0 Å². The summed E-state index contributed by atoms with van der Waals surface area (Å²) in [5, 5.41) is 4.39. The van der Waals surface area contributed by atoms with Crippen molar-refractivity contribution in [1.82, 2.24) is 19.5 Å². The van der Waals surface area contributed by atoms with Crippen LogP contribution in [0.15, 0.2) is 47.4 Å². The van der Waals surface area contributed by atoms with E-state index in [1.807, 2.05) is 56.0 Å². The van der Waals surface area contributed by atoms with Gasteiger partial charge in [0.2, 0.25) is 0 Å². The molecular formula is C19H22N4OS. The van der Waals surface area contributed by atoms with Crippen LogP contribution >= 0.6 is 11.8 Å². The van der Waals surface area contributed by atoms with Crippen LogP contribution in [-0.2, 0) is 0 Å². The quantitative estimate of drug-likeness (QED) is 0.635. The normalized spacial score (nSPS) is 11.0. The van der Waals surface area contributed by atoms with Gasteiger partial charge in [-0.15, -0.1) is 11.8 Å². The predicted molar refractivity (Wildman–Crippen MR) is 101 cm³/mol. The van der Waals surface area contributed by atoms with E-state index in [2.05, 4.69) is 22.2 Å². The summed E-state index contributed by atoms with van der Waals surface area (Å²) < 4.78 is 1.77. The summed E-state index contributed by atoms with van der Waals surface area (Å²) in [6.45, 7) is 7.23. The number of benzene rings is 1. The van der Waals surface area contributed by atoms with Crippen LogP contribution in [0, 0.1) is 13.8 Å². The van der Waals surface area contributed by atoms with Crippen molar-refractivity contribution in [1.29, 1.82) is 0 Å². The predicted octanol–water partition coefficient (Wildman–Crippen LogP) is 3.60. The molecule has 1 amide bonds. The molecule has 130 valence electrons. The molecule has 2 heterocycles. The van der Waals surface area contributed by atoms with Gasteiger partial charge in [-0.1, -0.05) is 18.2 Å². The molecule has 0 aliphatic carbocycles. The number of fused-ring (bicyclic) bond motifs is 1. The number of carbonyl (C=O) groups is 1. The second-order valence-electron chi connectivity index (χ2n) is 5.88. The van der Waals surface area contributed by atoms with Gasteiger partial charge in [-0.25, -0.2) is 9.50 Å². The Morgan fingerprint density at radius 3 is 2.68 bits per heavy atom. The van der Waals surface area contributed by atoms with E-state index in [0.29, 0.717) is 18.8 Å². The molecule has 0 saturated carbocycles. The second kappa shape index (κ2) is 7.70. The van der Waals surface area contributed by atoms with Crippen LogP contribution in [0.4, 0.5) is 0 Å². The lowest BCUT2D eigenvalue weighted by atomic mass is 10.3. The lowest BCUT2D eigenvalue weighted by molar-refractivity contribution is 0.0768. The first kappa shape index (κ1) is 17.5. The first-order chi connectivity index (χ1) is 12.1. The first-order valence-electron chi connectivity index (χ1n) is 8.39. The molecule has 1 aromatic carbocycles. The van der Waals surface area contributed by atoms with Gasteiger partial charge in [0.25, 0.3) is 5.91 Å². The Hall–Kier alpha value is -2.34. The highest BCUT2D eigenvalue weighted by atomic mass is 32.2. The molecule has 3 aromatic rings. The molecule has 6 heteroatoms. The number of amides is 1. The van der Waals surface area contributed by atoms with Gasteiger partial charge < -0.3 is 4.90 Å². The van der Waals surface area contributed by atoms with E-state index in [-0.39, 0.29) is 5.91 Å². The van der Waals surface area contributed by atoms with Crippen LogP contribution in [0.3, 0.4) is 0 Å². The summed E-state index contributed by atoms with van der Waals surface area (Å²) in [5.74, 6) is 0.831. The molecular weight excluding hydrogens is 332 g/mol. The molecule has 0 radical (unpaired) electrons. The maximum Gasteiger partial charge on any atom is 0.272 e. The third-order valence-electron chi connectivity index (χ3n) is 3.99. The standard InChI is InChI=1S/C19H22N4OS/c1-4-22(10-11-25-16-8-6-5-7-9-16)19(24)17-13-15(3)23-18(20-17)12-14(2)21-23/h5-9,12-13H,4,10-11H2,1-3H3. The van der Waals surface area contributed by atoms with E-state index >= 15 is 0 Å². The number of aryl methyl sites for hydroxylation is 2. The summed E-state index contributed by atoms with van der Waals surface area (Å²) in [4.78, 5) is 20.4. The van der Waals surface area contributed by atoms with Gasteiger partial charge in [0.15, 0.2) is 5.65 Å². The van der Waals surface area contributed by atoms with E-state index in [9.17, 15) is 4.79 Å².